The van der Waals surface area contributed by atoms with E-state index < -0.39 is 19.1 Å². The summed E-state index contributed by atoms with van der Waals surface area (Å²) in [6.07, 6.45) is -2.94. The molecule has 0 N–H and O–H groups in total. The molecule has 1 atom stereocenters. The van der Waals surface area contributed by atoms with E-state index in [1.807, 2.05) is 13.8 Å². The molecule has 27 heavy (non-hydrogen) atoms. The Kier molecular flexibility index (Phi) is 6.55. The van der Waals surface area contributed by atoms with Crippen LogP contribution in [0.2, 0.25) is 0 Å². The summed E-state index contributed by atoms with van der Waals surface area (Å²) in [6, 6.07) is 9.13. The molecule has 0 amide bonds. The zero-order valence-corrected chi connectivity index (χ0v) is 16.3. The van der Waals surface area contributed by atoms with Crippen molar-refractivity contribution in [1.82, 2.24) is 0 Å². The first-order chi connectivity index (χ1) is 12.6. The van der Waals surface area contributed by atoms with Gasteiger partial charge in [0.1, 0.15) is 5.75 Å². The Morgan fingerprint density at radius 1 is 1.11 bits per heavy atom. The first kappa shape index (κ1) is 21.3. The third kappa shape index (κ3) is 4.82. The maximum absolute atomic E-state index is 13.6. The SMILES string of the molecule is C=Cc1cc(P(=O)(OCC)c2ccc(C(F)(F)F)cc2)ccc1OC(C)C. The molecule has 0 spiro atoms. The van der Waals surface area contributed by atoms with E-state index in [0.717, 1.165) is 12.1 Å². The molecule has 3 nitrogen and oxygen atoms in total. The Morgan fingerprint density at radius 3 is 2.19 bits per heavy atom. The standard InChI is InChI=1S/C20H22F3O3P/c1-5-15-13-18(11-12-19(15)26-14(3)4)27(24,25-6-2)17-9-7-16(8-10-17)20(21,22)23/h5,7-14H,1,6H2,2-4H3. The molecule has 0 saturated heterocycles. The largest absolute Gasteiger partial charge is 0.490 e. The zero-order valence-electron chi connectivity index (χ0n) is 15.4. The van der Waals surface area contributed by atoms with E-state index in [1.165, 1.54) is 12.1 Å². The number of rotatable bonds is 7. The quantitative estimate of drug-likeness (QED) is 0.586. The van der Waals surface area contributed by atoms with Crippen molar-refractivity contribution in [1.29, 1.82) is 0 Å². The summed E-state index contributed by atoms with van der Waals surface area (Å²) in [5.41, 5.74) is -0.171. The molecule has 146 valence electrons. The van der Waals surface area contributed by atoms with Crippen LogP contribution in [0.15, 0.2) is 49.0 Å². The van der Waals surface area contributed by atoms with E-state index in [0.29, 0.717) is 16.6 Å². The van der Waals surface area contributed by atoms with Gasteiger partial charge in [-0.3, -0.25) is 4.57 Å². The van der Waals surface area contributed by atoms with Crippen molar-refractivity contribution in [2.45, 2.75) is 33.1 Å². The minimum absolute atomic E-state index is 0.0526. The fourth-order valence-corrected chi connectivity index (χ4v) is 4.65. The van der Waals surface area contributed by atoms with Crippen LogP contribution in [0.5, 0.6) is 5.75 Å². The first-order valence-electron chi connectivity index (χ1n) is 8.48. The summed E-state index contributed by atoms with van der Waals surface area (Å²) < 4.78 is 63.3. The second-order valence-corrected chi connectivity index (χ2v) is 8.50. The van der Waals surface area contributed by atoms with Gasteiger partial charge in [-0.25, -0.2) is 0 Å². The van der Waals surface area contributed by atoms with Crippen LogP contribution >= 0.6 is 7.37 Å². The molecule has 0 aliphatic rings. The van der Waals surface area contributed by atoms with E-state index in [9.17, 15) is 17.7 Å². The zero-order chi connectivity index (χ0) is 20.2. The average Bonchev–Trinajstić information content (AvgIpc) is 2.61. The first-order valence-corrected chi connectivity index (χ1v) is 10.1. The predicted octanol–water partition coefficient (Wildman–Crippen LogP) is 5.40. The van der Waals surface area contributed by atoms with Crippen LogP contribution in [-0.4, -0.2) is 12.7 Å². The van der Waals surface area contributed by atoms with E-state index in [1.54, 1.807) is 31.2 Å². The van der Waals surface area contributed by atoms with Gasteiger partial charge in [-0.1, -0.05) is 12.7 Å². The maximum atomic E-state index is 13.6. The van der Waals surface area contributed by atoms with Crippen LogP contribution in [-0.2, 0) is 15.3 Å². The van der Waals surface area contributed by atoms with Gasteiger partial charge in [0.15, 0.2) is 0 Å². The Hall–Kier alpha value is -2.04. The van der Waals surface area contributed by atoms with Crippen molar-refractivity contribution in [3.63, 3.8) is 0 Å². The second kappa shape index (κ2) is 8.32. The van der Waals surface area contributed by atoms with E-state index in [4.69, 9.17) is 9.26 Å². The van der Waals surface area contributed by atoms with Gasteiger partial charge in [0.25, 0.3) is 7.37 Å². The molecule has 0 radical (unpaired) electrons. The summed E-state index contributed by atoms with van der Waals surface area (Å²) in [4.78, 5) is 0. The molecule has 2 aromatic rings. The summed E-state index contributed by atoms with van der Waals surface area (Å²) in [5, 5.41) is 0.569. The van der Waals surface area contributed by atoms with Crippen LogP contribution in [0.4, 0.5) is 13.2 Å². The molecular formula is C20H22F3O3P. The normalized spacial score (nSPS) is 14.0. The van der Waals surface area contributed by atoms with Gasteiger partial charge >= 0.3 is 6.18 Å². The molecule has 0 fully saturated rings. The van der Waals surface area contributed by atoms with Gasteiger partial charge in [-0.15, -0.1) is 0 Å². The fourth-order valence-electron chi connectivity index (χ4n) is 2.57. The van der Waals surface area contributed by atoms with Gasteiger partial charge in [-0.05, 0) is 63.2 Å². The predicted molar refractivity (Wildman–Crippen MR) is 102 cm³/mol. The van der Waals surface area contributed by atoms with Crippen molar-refractivity contribution in [2.75, 3.05) is 6.61 Å². The van der Waals surface area contributed by atoms with E-state index in [2.05, 4.69) is 6.58 Å². The highest BCUT2D eigenvalue weighted by Gasteiger charge is 2.33. The summed E-state index contributed by atoms with van der Waals surface area (Å²) in [6.45, 7) is 9.34. The minimum atomic E-state index is -4.46. The lowest BCUT2D eigenvalue weighted by molar-refractivity contribution is -0.137. The van der Waals surface area contributed by atoms with Gasteiger partial charge in [0.05, 0.1) is 18.3 Å². The minimum Gasteiger partial charge on any atom is -0.490 e. The van der Waals surface area contributed by atoms with Gasteiger partial charge in [0, 0.05) is 16.2 Å². The smallest absolute Gasteiger partial charge is 0.416 e. The lowest BCUT2D eigenvalue weighted by Gasteiger charge is -2.21. The van der Waals surface area contributed by atoms with Crippen molar-refractivity contribution in [3.8, 4) is 5.75 Å². The Morgan fingerprint density at radius 2 is 1.70 bits per heavy atom. The van der Waals surface area contributed by atoms with Crippen LogP contribution < -0.4 is 15.3 Å². The van der Waals surface area contributed by atoms with Gasteiger partial charge in [0.2, 0.25) is 0 Å². The molecule has 2 rings (SSSR count). The number of hydrogen-bond acceptors (Lipinski definition) is 3. The molecule has 7 heteroatoms. The van der Waals surface area contributed by atoms with E-state index >= 15 is 0 Å². The number of hydrogen-bond donors (Lipinski definition) is 0. The number of alkyl halides is 3. The molecule has 0 heterocycles. The van der Waals surface area contributed by atoms with Crippen molar-refractivity contribution < 1.29 is 27.0 Å². The number of ether oxygens (including phenoxy) is 1. The van der Waals surface area contributed by atoms with Crippen molar-refractivity contribution >= 4 is 24.1 Å². The third-order valence-electron chi connectivity index (χ3n) is 3.76. The Bertz CT molecular complexity index is 843. The van der Waals surface area contributed by atoms with Crippen LogP contribution in [0.25, 0.3) is 6.08 Å². The van der Waals surface area contributed by atoms with E-state index in [-0.39, 0.29) is 18.0 Å². The number of benzene rings is 2. The van der Waals surface area contributed by atoms with Crippen LogP contribution in [0.3, 0.4) is 0 Å². The monoisotopic (exact) mass is 398 g/mol. The molecule has 0 aliphatic carbocycles. The second-order valence-electron chi connectivity index (χ2n) is 6.11. The van der Waals surface area contributed by atoms with Gasteiger partial charge in [-0.2, -0.15) is 13.2 Å². The molecule has 0 bridgehead atoms. The summed E-state index contributed by atoms with van der Waals surface area (Å²) >= 11 is 0. The molecule has 2 aromatic carbocycles. The van der Waals surface area contributed by atoms with Crippen molar-refractivity contribution in [3.05, 3.63) is 60.2 Å². The highest BCUT2D eigenvalue weighted by Crippen LogP contribution is 2.45. The van der Waals surface area contributed by atoms with Gasteiger partial charge < -0.3 is 9.26 Å². The van der Waals surface area contributed by atoms with Crippen molar-refractivity contribution in [2.24, 2.45) is 0 Å². The average molecular weight is 398 g/mol. The summed E-state index contributed by atoms with van der Waals surface area (Å²) in [5.74, 6) is 0.583. The fraction of sp³-hybridized carbons (Fsp3) is 0.300. The number of halogens is 3. The Balaban J connectivity index is 2.52. The highest BCUT2D eigenvalue weighted by molar-refractivity contribution is 7.74. The molecular weight excluding hydrogens is 376 g/mol. The lowest BCUT2D eigenvalue weighted by Crippen LogP contribution is -2.20. The third-order valence-corrected chi connectivity index (χ3v) is 6.32. The highest BCUT2D eigenvalue weighted by atomic mass is 31.2. The summed E-state index contributed by atoms with van der Waals surface area (Å²) in [7, 11) is -3.56. The molecule has 0 aromatic heterocycles. The molecule has 0 aliphatic heterocycles. The Labute approximate surface area is 157 Å². The topological polar surface area (TPSA) is 35.5 Å². The molecule has 0 saturated carbocycles. The van der Waals surface area contributed by atoms with Crippen LogP contribution in [0, 0.1) is 0 Å². The molecule has 1 unspecified atom stereocenters. The lowest BCUT2D eigenvalue weighted by atomic mass is 10.2. The van der Waals surface area contributed by atoms with Crippen LogP contribution in [0.1, 0.15) is 31.9 Å². The maximum Gasteiger partial charge on any atom is 0.416 e.